The number of aromatic nitrogens is 1. The Bertz CT molecular complexity index is 602. The number of benzene rings is 1. The van der Waals surface area contributed by atoms with Crippen LogP contribution in [0.15, 0.2) is 18.3 Å². The molecular weight excluding hydrogens is 224 g/mol. The first-order chi connectivity index (χ1) is 7.67. The highest BCUT2D eigenvalue weighted by atomic mass is 35.5. The largest absolute Gasteiger partial charge is 0.496 e. The zero-order valence-electron chi connectivity index (χ0n) is 8.91. The monoisotopic (exact) mass is 232 g/mol. The Labute approximate surface area is 98.2 Å². The summed E-state index contributed by atoms with van der Waals surface area (Å²) in [6.45, 7) is 1.92. The van der Waals surface area contributed by atoms with Gasteiger partial charge in [-0.3, -0.25) is 4.98 Å². The Kier molecular flexibility index (Phi) is 2.67. The fourth-order valence-electron chi connectivity index (χ4n) is 1.59. The maximum Gasteiger partial charge on any atom is 0.123 e. The van der Waals surface area contributed by atoms with Gasteiger partial charge in [-0.25, -0.2) is 0 Å². The van der Waals surface area contributed by atoms with Gasteiger partial charge >= 0.3 is 0 Å². The molecule has 4 heteroatoms. The number of pyridine rings is 1. The van der Waals surface area contributed by atoms with Gasteiger partial charge in [-0.1, -0.05) is 11.6 Å². The Morgan fingerprint density at radius 1 is 1.44 bits per heavy atom. The van der Waals surface area contributed by atoms with Gasteiger partial charge in [-0.15, -0.1) is 0 Å². The predicted octanol–water partition coefficient (Wildman–Crippen LogP) is 3.08. The fourth-order valence-corrected chi connectivity index (χ4v) is 1.84. The molecule has 80 valence electrons. The fraction of sp³-hybridized carbons (Fsp3) is 0.167. The van der Waals surface area contributed by atoms with Crippen molar-refractivity contribution in [3.63, 3.8) is 0 Å². The van der Waals surface area contributed by atoms with Crippen LogP contribution in [0, 0.1) is 18.3 Å². The molecule has 1 heterocycles. The third-order valence-electron chi connectivity index (χ3n) is 2.44. The quantitative estimate of drug-likeness (QED) is 0.759. The summed E-state index contributed by atoms with van der Waals surface area (Å²) >= 11 is 6.11. The molecule has 1 aromatic carbocycles. The Morgan fingerprint density at radius 3 is 2.81 bits per heavy atom. The van der Waals surface area contributed by atoms with Crippen molar-refractivity contribution in [1.82, 2.24) is 4.98 Å². The van der Waals surface area contributed by atoms with Crippen molar-refractivity contribution in [2.45, 2.75) is 6.92 Å². The second-order valence-electron chi connectivity index (χ2n) is 3.44. The molecule has 1 aromatic heterocycles. The van der Waals surface area contributed by atoms with Gasteiger partial charge in [0, 0.05) is 17.6 Å². The van der Waals surface area contributed by atoms with Crippen LogP contribution in [0.4, 0.5) is 0 Å². The summed E-state index contributed by atoms with van der Waals surface area (Å²) in [7, 11) is 1.61. The van der Waals surface area contributed by atoms with Crippen LogP contribution in [0.2, 0.25) is 5.02 Å². The number of nitrogens with zero attached hydrogens (tertiary/aromatic N) is 2. The average molecular weight is 233 g/mol. The van der Waals surface area contributed by atoms with E-state index in [1.165, 1.54) is 6.20 Å². The van der Waals surface area contributed by atoms with E-state index in [0.29, 0.717) is 10.6 Å². The van der Waals surface area contributed by atoms with Gasteiger partial charge in [-0.2, -0.15) is 5.26 Å². The molecule has 0 atom stereocenters. The maximum absolute atomic E-state index is 8.85. The molecule has 2 rings (SSSR count). The molecule has 0 aliphatic heterocycles. The van der Waals surface area contributed by atoms with E-state index < -0.39 is 0 Å². The number of nitriles is 1. The van der Waals surface area contributed by atoms with Crippen LogP contribution in [0.1, 0.15) is 11.1 Å². The molecule has 0 N–H and O–H groups in total. The Morgan fingerprint density at radius 2 is 2.19 bits per heavy atom. The third-order valence-corrected chi connectivity index (χ3v) is 2.85. The van der Waals surface area contributed by atoms with Crippen molar-refractivity contribution in [1.29, 1.82) is 5.26 Å². The first-order valence-corrected chi connectivity index (χ1v) is 5.08. The maximum atomic E-state index is 8.85. The Hall–Kier alpha value is -1.79. The van der Waals surface area contributed by atoms with Crippen molar-refractivity contribution in [2.24, 2.45) is 0 Å². The first kappa shape index (κ1) is 10.7. The minimum Gasteiger partial charge on any atom is -0.496 e. The molecule has 0 saturated carbocycles. The lowest BCUT2D eigenvalue weighted by atomic mass is 10.1. The summed E-state index contributed by atoms with van der Waals surface area (Å²) in [5.74, 6) is 0.765. The van der Waals surface area contributed by atoms with E-state index in [2.05, 4.69) is 4.98 Å². The second-order valence-corrected chi connectivity index (χ2v) is 3.81. The molecule has 2 aromatic rings. The molecule has 0 unspecified atom stereocenters. The van der Waals surface area contributed by atoms with Gasteiger partial charge in [0.1, 0.15) is 11.8 Å². The van der Waals surface area contributed by atoms with Gasteiger partial charge in [0.2, 0.25) is 0 Å². The number of hydrogen-bond donors (Lipinski definition) is 0. The zero-order chi connectivity index (χ0) is 11.7. The Balaban J connectivity index is 2.82. The van der Waals surface area contributed by atoms with Crippen LogP contribution in [-0.4, -0.2) is 12.1 Å². The number of fused-ring (bicyclic) bond motifs is 1. The van der Waals surface area contributed by atoms with Crippen LogP contribution >= 0.6 is 11.6 Å². The van der Waals surface area contributed by atoms with Gasteiger partial charge in [0.05, 0.1) is 23.2 Å². The summed E-state index contributed by atoms with van der Waals surface area (Å²) < 4.78 is 5.20. The molecule has 3 nitrogen and oxygen atoms in total. The van der Waals surface area contributed by atoms with E-state index in [-0.39, 0.29) is 0 Å². The van der Waals surface area contributed by atoms with Crippen molar-refractivity contribution in [3.05, 3.63) is 34.5 Å². The molecular formula is C12H9ClN2O. The number of methoxy groups -OCH3 is 1. The highest BCUT2D eigenvalue weighted by molar-refractivity contribution is 6.36. The van der Waals surface area contributed by atoms with E-state index in [9.17, 15) is 0 Å². The van der Waals surface area contributed by atoms with E-state index in [1.54, 1.807) is 7.11 Å². The van der Waals surface area contributed by atoms with Crippen LogP contribution in [0.25, 0.3) is 10.9 Å². The number of aryl methyl sites for hydroxylation is 1. The number of hydrogen-bond acceptors (Lipinski definition) is 3. The van der Waals surface area contributed by atoms with E-state index in [0.717, 1.165) is 22.2 Å². The van der Waals surface area contributed by atoms with Crippen molar-refractivity contribution < 1.29 is 4.74 Å². The molecule has 16 heavy (non-hydrogen) atoms. The average Bonchev–Trinajstić information content (AvgIpc) is 2.30. The highest BCUT2D eigenvalue weighted by Gasteiger charge is 2.09. The first-order valence-electron chi connectivity index (χ1n) is 4.70. The lowest BCUT2D eigenvalue weighted by Crippen LogP contribution is -1.90. The summed E-state index contributed by atoms with van der Waals surface area (Å²) in [5.41, 5.74) is 2.08. The summed E-state index contributed by atoms with van der Waals surface area (Å²) in [6.07, 6.45) is 1.47. The van der Waals surface area contributed by atoms with Crippen LogP contribution < -0.4 is 4.74 Å². The van der Waals surface area contributed by atoms with Crippen molar-refractivity contribution in [3.8, 4) is 11.8 Å². The topological polar surface area (TPSA) is 45.9 Å². The minimum absolute atomic E-state index is 0.388. The smallest absolute Gasteiger partial charge is 0.123 e. The molecule has 0 amide bonds. The molecule has 0 radical (unpaired) electrons. The van der Waals surface area contributed by atoms with Crippen LogP contribution in [0.3, 0.4) is 0 Å². The number of rotatable bonds is 1. The molecule has 0 aliphatic rings. The standard InChI is InChI=1S/C12H9ClN2O/c1-7-3-9-10(4-11(7)16-2)15-6-8(5-14)12(9)13/h3-4,6H,1-2H3. The lowest BCUT2D eigenvalue weighted by Gasteiger charge is -2.07. The van der Waals surface area contributed by atoms with Crippen molar-refractivity contribution in [2.75, 3.05) is 7.11 Å². The molecule has 0 spiro atoms. The highest BCUT2D eigenvalue weighted by Crippen LogP contribution is 2.30. The van der Waals surface area contributed by atoms with Crippen molar-refractivity contribution >= 4 is 22.5 Å². The molecule has 0 saturated heterocycles. The normalized spacial score (nSPS) is 10.1. The lowest BCUT2D eigenvalue weighted by molar-refractivity contribution is 0.412. The van der Waals surface area contributed by atoms with E-state index in [1.807, 2.05) is 25.1 Å². The second kappa shape index (κ2) is 3.99. The van der Waals surface area contributed by atoms with Gasteiger partial charge in [-0.05, 0) is 18.6 Å². The molecule has 0 fully saturated rings. The SMILES string of the molecule is COc1cc2ncc(C#N)c(Cl)c2cc1C. The zero-order valence-corrected chi connectivity index (χ0v) is 9.67. The van der Waals surface area contributed by atoms with Crippen LogP contribution in [-0.2, 0) is 0 Å². The van der Waals surface area contributed by atoms with E-state index in [4.69, 9.17) is 21.6 Å². The van der Waals surface area contributed by atoms with Gasteiger partial charge in [0.25, 0.3) is 0 Å². The summed E-state index contributed by atoms with van der Waals surface area (Å²) in [5, 5.41) is 10.1. The van der Waals surface area contributed by atoms with Gasteiger partial charge in [0.15, 0.2) is 0 Å². The molecule has 0 aliphatic carbocycles. The van der Waals surface area contributed by atoms with Gasteiger partial charge < -0.3 is 4.74 Å². The summed E-state index contributed by atoms with van der Waals surface area (Å²) in [6, 6.07) is 5.71. The summed E-state index contributed by atoms with van der Waals surface area (Å²) in [4.78, 5) is 4.18. The number of ether oxygens (including phenoxy) is 1. The minimum atomic E-state index is 0.388. The van der Waals surface area contributed by atoms with Crippen LogP contribution in [0.5, 0.6) is 5.75 Å². The number of halogens is 1. The van der Waals surface area contributed by atoms with E-state index >= 15 is 0 Å². The predicted molar refractivity (Wildman–Crippen MR) is 62.8 cm³/mol. The molecule has 0 bridgehead atoms. The third kappa shape index (κ3) is 1.58.